The number of carbonyl (C=O) groups excluding carboxylic acids is 1. The van der Waals surface area contributed by atoms with Crippen LogP contribution in [0.15, 0.2) is 24.4 Å². The molecule has 0 radical (unpaired) electrons. The Kier molecular flexibility index (Phi) is 5.02. The molecule has 3 rings (SSSR count). The zero-order valence-corrected chi connectivity index (χ0v) is 15.1. The molecule has 1 saturated carbocycles. The number of aromatic nitrogens is 2. The smallest absolute Gasteiger partial charge is 0.350 e. The van der Waals surface area contributed by atoms with E-state index in [0.717, 1.165) is 12.1 Å². The summed E-state index contributed by atoms with van der Waals surface area (Å²) in [5, 5.41) is 11.2. The number of nitriles is 1. The van der Waals surface area contributed by atoms with Gasteiger partial charge in [0.15, 0.2) is 5.82 Å². The Bertz CT molecular complexity index is 952. The van der Waals surface area contributed by atoms with E-state index in [1.165, 1.54) is 12.3 Å². The first kappa shape index (κ1) is 19.4. The predicted molar refractivity (Wildman–Crippen MR) is 91.6 cm³/mol. The molecule has 1 aromatic carbocycles. The van der Waals surface area contributed by atoms with Gasteiger partial charge in [0.1, 0.15) is 10.6 Å². The molecule has 0 aliphatic heterocycles. The summed E-state index contributed by atoms with van der Waals surface area (Å²) in [6, 6.07) is 5.29. The van der Waals surface area contributed by atoms with Gasteiger partial charge >= 0.3 is 6.18 Å². The van der Waals surface area contributed by atoms with E-state index in [1.807, 2.05) is 6.07 Å². The van der Waals surface area contributed by atoms with Gasteiger partial charge in [0.25, 0.3) is 0 Å². The average molecular weight is 415 g/mol. The van der Waals surface area contributed by atoms with Crippen molar-refractivity contribution in [3.8, 4) is 17.5 Å². The quantitative estimate of drug-likeness (QED) is 0.752. The SMILES string of the molecule is N#CC1(C(=O)NCc2cnc(-c3ccc(Cl)c(C(F)(F)F)c3)nc2Cl)CC1. The van der Waals surface area contributed by atoms with Crippen molar-refractivity contribution in [2.75, 3.05) is 0 Å². The molecule has 0 atom stereocenters. The van der Waals surface area contributed by atoms with E-state index in [0.29, 0.717) is 18.4 Å². The second kappa shape index (κ2) is 6.98. The fourth-order valence-corrected chi connectivity index (χ4v) is 2.80. The van der Waals surface area contributed by atoms with Crippen LogP contribution < -0.4 is 5.32 Å². The highest BCUT2D eigenvalue weighted by atomic mass is 35.5. The van der Waals surface area contributed by atoms with Crippen LogP contribution in [0.5, 0.6) is 0 Å². The van der Waals surface area contributed by atoms with Crippen LogP contribution in [-0.4, -0.2) is 15.9 Å². The van der Waals surface area contributed by atoms with Crippen LogP contribution in [0, 0.1) is 16.7 Å². The Labute approximate surface area is 162 Å². The van der Waals surface area contributed by atoms with E-state index < -0.39 is 28.1 Å². The molecule has 1 amide bonds. The standard InChI is InChI=1S/C17H11Cl2F3N4O/c18-12-2-1-9(5-11(12)17(20,21)22)14-24-6-10(13(19)26-14)7-25-15(27)16(8-23)3-4-16/h1-2,5-6H,3-4,7H2,(H,25,27). The van der Waals surface area contributed by atoms with Crippen molar-refractivity contribution in [1.82, 2.24) is 15.3 Å². The maximum Gasteiger partial charge on any atom is 0.417 e. The van der Waals surface area contributed by atoms with E-state index in [-0.39, 0.29) is 23.1 Å². The molecule has 2 aromatic rings. The highest BCUT2D eigenvalue weighted by Crippen LogP contribution is 2.45. The van der Waals surface area contributed by atoms with Crippen LogP contribution in [0.4, 0.5) is 13.2 Å². The molecule has 0 saturated heterocycles. The molecular weight excluding hydrogens is 404 g/mol. The molecule has 27 heavy (non-hydrogen) atoms. The molecule has 1 N–H and O–H groups in total. The van der Waals surface area contributed by atoms with Crippen LogP contribution in [0.2, 0.25) is 10.2 Å². The normalized spacial score (nSPS) is 15.1. The zero-order chi connectivity index (χ0) is 19.8. The number of amides is 1. The summed E-state index contributed by atoms with van der Waals surface area (Å²) in [7, 11) is 0. The highest BCUT2D eigenvalue weighted by Gasteiger charge is 2.50. The summed E-state index contributed by atoms with van der Waals surface area (Å²) in [6.07, 6.45) is -2.27. The molecule has 1 aliphatic carbocycles. The van der Waals surface area contributed by atoms with Gasteiger partial charge in [0.05, 0.1) is 16.7 Å². The third kappa shape index (κ3) is 3.99. The molecule has 1 aliphatic rings. The van der Waals surface area contributed by atoms with Crippen molar-refractivity contribution in [2.24, 2.45) is 5.41 Å². The molecule has 5 nitrogen and oxygen atoms in total. The first-order valence-electron chi connectivity index (χ1n) is 7.74. The lowest BCUT2D eigenvalue weighted by Gasteiger charge is -2.12. The van der Waals surface area contributed by atoms with Crippen molar-refractivity contribution >= 4 is 29.1 Å². The average Bonchev–Trinajstić information content (AvgIpc) is 3.41. The van der Waals surface area contributed by atoms with E-state index in [9.17, 15) is 18.0 Å². The fourth-order valence-electron chi connectivity index (χ4n) is 2.38. The summed E-state index contributed by atoms with van der Waals surface area (Å²) in [4.78, 5) is 20.0. The molecule has 1 heterocycles. The third-order valence-electron chi connectivity index (χ3n) is 4.18. The number of nitrogens with one attached hydrogen (secondary N) is 1. The van der Waals surface area contributed by atoms with Crippen LogP contribution in [-0.2, 0) is 17.5 Å². The molecule has 1 aromatic heterocycles. The number of benzene rings is 1. The number of nitrogens with zero attached hydrogens (tertiary/aromatic N) is 3. The van der Waals surface area contributed by atoms with Crippen LogP contribution in [0.3, 0.4) is 0 Å². The minimum Gasteiger partial charge on any atom is -0.350 e. The number of carbonyl (C=O) groups is 1. The predicted octanol–water partition coefficient (Wildman–Crippen LogP) is 4.39. The largest absolute Gasteiger partial charge is 0.417 e. The van der Waals surface area contributed by atoms with Crippen molar-refractivity contribution in [2.45, 2.75) is 25.6 Å². The summed E-state index contributed by atoms with van der Waals surface area (Å²) in [5.74, 6) is -0.398. The second-order valence-corrected chi connectivity index (χ2v) is 6.84. The third-order valence-corrected chi connectivity index (χ3v) is 4.84. The summed E-state index contributed by atoms with van der Waals surface area (Å²) in [6.45, 7) is 0.00972. The topological polar surface area (TPSA) is 78.7 Å². The number of hydrogen-bond donors (Lipinski definition) is 1. The van der Waals surface area contributed by atoms with Gasteiger partial charge in [0, 0.05) is 23.9 Å². The Hall–Kier alpha value is -2.37. The van der Waals surface area contributed by atoms with Crippen LogP contribution >= 0.6 is 23.2 Å². The van der Waals surface area contributed by atoms with Gasteiger partial charge in [-0.2, -0.15) is 18.4 Å². The van der Waals surface area contributed by atoms with E-state index in [1.54, 1.807) is 0 Å². The van der Waals surface area contributed by atoms with Gasteiger partial charge in [-0.05, 0) is 31.0 Å². The van der Waals surface area contributed by atoms with E-state index >= 15 is 0 Å². The van der Waals surface area contributed by atoms with Gasteiger partial charge in [-0.15, -0.1) is 0 Å². The van der Waals surface area contributed by atoms with Gasteiger partial charge < -0.3 is 5.32 Å². The summed E-state index contributed by atoms with van der Waals surface area (Å²) < 4.78 is 38.9. The Morgan fingerprint density at radius 3 is 2.59 bits per heavy atom. The molecule has 1 fully saturated rings. The summed E-state index contributed by atoms with van der Waals surface area (Å²) >= 11 is 11.7. The number of halogens is 5. The molecule has 0 bridgehead atoms. The van der Waals surface area contributed by atoms with Crippen molar-refractivity contribution in [3.05, 3.63) is 45.7 Å². The lowest BCUT2D eigenvalue weighted by atomic mass is 10.1. The number of rotatable bonds is 4. The van der Waals surface area contributed by atoms with E-state index in [2.05, 4.69) is 15.3 Å². The second-order valence-electron chi connectivity index (χ2n) is 6.08. The first-order chi connectivity index (χ1) is 12.7. The van der Waals surface area contributed by atoms with Gasteiger partial charge in [-0.3, -0.25) is 4.79 Å². The Morgan fingerprint density at radius 2 is 2.04 bits per heavy atom. The fraction of sp³-hybridized carbons (Fsp3) is 0.294. The lowest BCUT2D eigenvalue weighted by molar-refractivity contribution is -0.137. The first-order valence-corrected chi connectivity index (χ1v) is 8.50. The maximum absolute atomic E-state index is 13.0. The minimum absolute atomic E-state index is 0.00655. The van der Waals surface area contributed by atoms with Gasteiger partial charge in [-0.1, -0.05) is 23.2 Å². The number of alkyl halides is 3. The van der Waals surface area contributed by atoms with Crippen molar-refractivity contribution < 1.29 is 18.0 Å². The van der Waals surface area contributed by atoms with Gasteiger partial charge in [0.2, 0.25) is 5.91 Å². The number of hydrogen-bond acceptors (Lipinski definition) is 4. The highest BCUT2D eigenvalue weighted by molar-refractivity contribution is 6.31. The zero-order valence-electron chi connectivity index (χ0n) is 13.6. The Morgan fingerprint density at radius 1 is 1.33 bits per heavy atom. The monoisotopic (exact) mass is 414 g/mol. The van der Waals surface area contributed by atoms with Crippen LogP contribution in [0.25, 0.3) is 11.4 Å². The minimum atomic E-state index is -4.61. The van der Waals surface area contributed by atoms with Crippen molar-refractivity contribution in [1.29, 1.82) is 5.26 Å². The Balaban J connectivity index is 1.79. The maximum atomic E-state index is 13.0. The van der Waals surface area contributed by atoms with Gasteiger partial charge in [-0.25, -0.2) is 9.97 Å². The van der Waals surface area contributed by atoms with E-state index in [4.69, 9.17) is 28.5 Å². The molecule has 0 unspecified atom stereocenters. The lowest BCUT2D eigenvalue weighted by Crippen LogP contribution is -2.30. The molecule has 140 valence electrons. The summed E-state index contributed by atoms with van der Waals surface area (Å²) in [5.41, 5.74) is -1.48. The molecule has 10 heteroatoms. The van der Waals surface area contributed by atoms with Crippen LogP contribution in [0.1, 0.15) is 24.0 Å². The van der Waals surface area contributed by atoms with Crippen molar-refractivity contribution in [3.63, 3.8) is 0 Å². The molecular formula is C17H11Cl2F3N4O. The molecule has 0 spiro atoms.